The van der Waals surface area contributed by atoms with Gasteiger partial charge in [0.1, 0.15) is 23.4 Å². The highest BCUT2D eigenvalue weighted by molar-refractivity contribution is 7.89. The second-order valence-electron chi connectivity index (χ2n) is 10.5. The minimum absolute atomic E-state index is 0.0587. The van der Waals surface area contributed by atoms with Crippen molar-refractivity contribution in [2.24, 2.45) is 5.92 Å². The predicted octanol–water partition coefficient (Wildman–Crippen LogP) is 3.12. The molecular formula is C29H36FN5O5S. The Morgan fingerprint density at radius 3 is 2.73 bits per heavy atom. The molecular weight excluding hydrogens is 549 g/mol. The van der Waals surface area contributed by atoms with Gasteiger partial charge in [-0.25, -0.2) is 17.8 Å². The molecule has 0 fully saturated rings. The van der Waals surface area contributed by atoms with Crippen molar-refractivity contribution in [1.29, 1.82) is 0 Å². The average molecular weight is 586 g/mol. The number of carbonyl (C=O) groups excluding carboxylic acids is 2. The van der Waals surface area contributed by atoms with E-state index in [0.717, 1.165) is 15.9 Å². The lowest BCUT2D eigenvalue weighted by Crippen LogP contribution is -2.51. The van der Waals surface area contributed by atoms with Crippen molar-refractivity contribution in [3.63, 3.8) is 0 Å². The number of sulfonamides is 1. The fraction of sp³-hybridized carbons (Fsp3) is 0.414. The molecule has 41 heavy (non-hydrogen) atoms. The summed E-state index contributed by atoms with van der Waals surface area (Å²) in [5, 5.41) is 5.60. The van der Waals surface area contributed by atoms with Crippen molar-refractivity contribution < 1.29 is 27.1 Å². The first-order valence-corrected chi connectivity index (χ1v) is 15.1. The Morgan fingerprint density at radius 2 is 1.95 bits per heavy atom. The minimum atomic E-state index is -4.25. The number of imidazole rings is 1. The Labute approximate surface area is 240 Å². The summed E-state index contributed by atoms with van der Waals surface area (Å²) in [6, 6.07) is 10.1. The van der Waals surface area contributed by atoms with E-state index in [2.05, 4.69) is 15.6 Å². The van der Waals surface area contributed by atoms with E-state index in [1.54, 1.807) is 19.2 Å². The van der Waals surface area contributed by atoms with Gasteiger partial charge in [-0.3, -0.25) is 9.59 Å². The van der Waals surface area contributed by atoms with Gasteiger partial charge in [0.15, 0.2) is 0 Å². The van der Waals surface area contributed by atoms with Gasteiger partial charge in [-0.2, -0.15) is 4.31 Å². The molecule has 0 aliphatic carbocycles. The lowest BCUT2D eigenvalue weighted by atomic mass is 10.0. The van der Waals surface area contributed by atoms with Crippen molar-refractivity contribution in [2.75, 3.05) is 26.2 Å². The van der Waals surface area contributed by atoms with E-state index in [1.807, 2.05) is 42.8 Å². The van der Waals surface area contributed by atoms with Crippen LogP contribution < -0.4 is 15.4 Å². The number of ether oxygens (including phenoxy) is 1. The molecule has 3 aromatic rings. The third kappa shape index (κ3) is 7.70. The maximum Gasteiger partial charge on any atom is 0.243 e. The SMILES string of the molecule is Cc1ccc(F)cc1S(=O)(=O)N1CCCOc2cccc(c2)-c2nccn2CCNC(=O)[C@@H](CC(C)C)NC(=O)C1. The van der Waals surface area contributed by atoms with E-state index in [1.165, 1.54) is 12.1 Å². The number of aromatic nitrogens is 2. The van der Waals surface area contributed by atoms with Gasteiger partial charge in [0.2, 0.25) is 21.8 Å². The number of nitrogens with one attached hydrogen (secondary N) is 2. The number of benzene rings is 2. The zero-order valence-electron chi connectivity index (χ0n) is 23.5. The van der Waals surface area contributed by atoms with E-state index in [0.29, 0.717) is 36.6 Å². The summed E-state index contributed by atoms with van der Waals surface area (Å²) in [5.41, 5.74) is 1.19. The summed E-state index contributed by atoms with van der Waals surface area (Å²) < 4.78 is 50.2. The summed E-state index contributed by atoms with van der Waals surface area (Å²) >= 11 is 0. The first-order valence-electron chi connectivity index (χ1n) is 13.6. The molecule has 0 unspecified atom stereocenters. The number of hydrogen-bond donors (Lipinski definition) is 2. The molecule has 2 aromatic carbocycles. The smallest absolute Gasteiger partial charge is 0.243 e. The van der Waals surface area contributed by atoms with E-state index in [4.69, 9.17) is 4.74 Å². The predicted molar refractivity (Wildman–Crippen MR) is 152 cm³/mol. The number of rotatable bonds is 4. The fourth-order valence-electron chi connectivity index (χ4n) is 4.71. The first-order chi connectivity index (χ1) is 19.5. The van der Waals surface area contributed by atoms with E-state index < -0.39 is 34.3 Å². The van der Waals surface area contributed by atoms with Crippen LogP contribution in [0.5, 0.6) is 5.75 Å². The minimum Gasteiger partial charge on any atom is -0.494 e. The zero-order valence-corrected chi connectivity index (χ0v) is 24.3. The van der Waals surface area contributed by atoms with Gasteiger partial charge in [0, 0.05) is 37.6 Å². The van der Waals surface area contributed by atoms with Gasteiger partial charge in [0.25, 0.3) is 0 Å². The molecule has 12 heteroatoms. The van der Waals surface area contributed by atoms with Crippen LogP contribution >= 0.6 is 0 Å². The Kier molecular flexibility index (Phi) is 9.77. The number of fused-ring (bicyclic) bond motifs is 4. The average Bonchev–Trinajstić information content (AvgIpc) is 3.39. The Hall–Kier alpha value is -3.77. The van der Waals surface area contributed by atoms with Crippen molar-refractivity contribution >= 4 is 21.8 Å². The number of carbonyl (C=O) groups is 2. The van der Waals surface area contributed by atoms with Crippen LogP contribution in [0.2, 0.25) is 0 Å². The van der Waals surface area contributed by atoms with Crippen LogP contribution in [0.4, 0.5) is 4.39 Å². The third-order valence-corrected chi connectivity index (χ3v) is 8.71. The van der Waals surface area contributed by atoms with Crippen LogP contribution in [0, 0.1) is 18.7 Å². The molecule has 0 radical (unpaired) electrons. The standard InChI is InChI=1S/C29H36FN5O5S/c1-20(2)16-25-29(37)32-11-14-34-13-10-31-28(34)22-6-4-7-24(17-22)40-15-5-12-35(19-27(36)33-25)41(38,39)26-18-23(30)9-8-21(26)3/h4,6-10,13,17-18,20,25H,5,11-12,14-16,19H2,1-3H3,(H,32,37)(H,33,36)/t25-/m1/s1. The summed E-state index contributed by atoms with van der Waals surface area (Å²) in [4.78, 5) is 30.6. The largest absolute Gasteiger partial charge is 0.494 e. The van der Waals surface area contributed by atoms with Gasteiger partial charge in [-0.15, -0.1) is 0 Å². The normalized spacial score (nSPS) is 18.0. The number of nitrogens with zero attached hydrogens (tertiary/aromatic N) is 3. The molecule has 2 amide bonds. The summed E-state index contributed by atoms with van der Waals surface area (Å²) in [6.45, 7) is 5.76. The van der Waals surface area contributed by atoms with E-state index in [9.17, 15) is 22.4 Å². The van der Waals surface area contributed by atoms with Crippen LogP contribution in [0.1, 0.15) is 32.3 Å². The molecule has 0 saturated heterocycles. The molecule has 2 bridgehead atoms. The molecule has 10 nitrogen and oxygen atoms in total. The molecule has 1 aliphatic rings. The highest BCUT2D eigenvalue weighted by Crippen LogP contribution is 2.24. The van der Waals surface area contributed by atoms with Crippen LogP contribution in [0.3, 0.4) is 0 Å². The second kappa shape index (κ2) is 13.3. The van der Waals surface area contributed by atoms with E-state index in [-0.39, 0.29) is 36.3 Å². The molecule has 2 N–H and O–H groups in total. The molecule has 4 rings (SSSR count). The molecule has 2 heterocycles. The van der Waals surface area contributed by atoms with Gasteiger partial charge >= 0.3 is 0 Å². The maximum absolute atomic E-state index is 14.1. The Balaban J connectivity index is 1.65. The van der Waals surface area contributed by atoms with Gasteiger partial charge in [-0.1, -0.05) is 32.0 Å². The summed E-state index contributed by atoms with van der Waals surface area (Å²) in [6.07, 6.45) is 4.14. The van der Waals surface area contributed by atoms with Crippen LogP contribution in [-0.4, -0.2) is 66.4 Å². The van der Waals surface area contributed by atoms with Gasteiger partial charge < -0.3 is 19.9 Å². The Morgan fingerprint density at radius 1 is 1.15 bits per heavy atom. The fourth-order valence-corrected chi connectivity index (χ4v) is 6.38. The number of hydrogen-bond acceptors (Lipinski definition) is 6. The molecule has 1 aromatic heterocycles. The van der Waals surface area contributed by atoms with Gasteiger partial charge in [0.05, 0.1) is 18.0 Å². The highest BCUT2D eigenvalue weighted by atomic mass is 32.2. The quantitative estimate of drug-likeness (QED) is 0.485. The van der Waals surface area contributed by atoms with Gasteiger partial charge in [-0.05, 0) is 55.5 Å². The molecule has 220 valence electrons. The number of aryl methyl sites for hydroxylation is 1. The van der Waals surface area contributed by atoms with E-state index >= 15 is 0 Å². The topological polar surface area (TPSA) is 123 Å². The highest BCUT2D eigenvalue weighted by Gasteiger charge is 2.30. The monoisotopic (exact) mass is 585 g/mol. The van der Waals surface area contributed by atoms with Crippen molar-refractivity contribution in [2.45, 2.75) is 51.1 Å². The Bertz CT molecular complexity index is 1490. The maximum atomic E-state index is 14.1. The van der Waals surface area contributed by atoms with Crippen LogP contribution in [-0.2, 0) is 26.2 Å². The number of amides is 2. The van der Waals surface area contributed by atoms with Crippen molar-refractivity contribution in [1.82, 2.24) is 24.5 Å². The number of halogens is 1. The summed E-state index contributed by atoms with van der Waals surface area (Å²) in [5.74, 6) is -0.312. The van der Waals surface area contributed by atoms with Crippen LogP contribution in [0.15, 0.2) is 59.8 Å². The lowest BCUT2D eigenvalue weighted by Gasteiger charge is -2.25. The van der Waals surface area contributed by atoms with Crippen LogP contribution in [0.25, 0.3) is 11.4 Å². The molecule has 1 atom stereocenters. The second-order valence-corrected chi connectivity index (χ2v) is 12.4. The first kappa shape index (κ1) is 30.2. The molecule has 0 saturated carbocycles. The van der Waals surface area contributed by atoms with Crippen molar-refractivity contribution in [3.05, 3.63) is 66.2 Å². The molecule has 1 aliphatic heterocycles. The zero-order chi connectivity index (χ0) is 29.6. The molecule has 0 spiro atoms. The van der Waals surface area contributed by atoms with Crippen molar-refractivity contribution in [3.8, 4) is 17.1 Å². The third-order valence-electron chi connectivity index (χ3n) is 6.73. The lowest BCUT2D eigenvalue weighted by molar-refractivity contribution is -0.129. The summed E-state index contributed by atoms with van der Waals surface area (Å²) in [7, 11) is -4.25.